The van der Waals surface area contributed by atoms with Crippen molar-refractivity contribution in [2.45, 2.75) is 52.4 Å². The zero-order valence-electron chi connectivity index (χ0n) is 14.6. The first kappa shape index (κ1) is 18.5. The Hall–Kier alpha value is -1.51. The monoisotopic (exact) mass is 305 g/mol. The quantitative estimate of drug-likeness (QED) is 0.454. The summed E-state index contributed by atoms with van der Waals surface area (Å²) in [5.74, 6) is 0.585. The van der Waals surface area contributed by atoms with E-state index in [1.54, 1.807) is 0 Å². The highest BCUT2D eigenvalue weighted by Crippen LogP contribution is 2.19. The molecule has 1 aromatic carbocycles. The first-order valence-electron chi connectivity index (χ1n) is 8.46. The van der Waals surface area contributed by atoms with E-state index in [-0.39, 0.29) is 5.97 Å². The number of unbranched alkanes of at least 4 members (excludes halogenated alkanes) is 4. The van der Waals surface area contributed by atoms with E-state index in [1.165, 1.54) is 25.7 Å². The van der Waals surface area contributed by atoms with Crippen molar-refractivity contribution in [1.82, 2.24) is 0 Å². The Morgan fingerprint density at radius 3 is 2.36 bits per heavy atom. The molecule has 0 bridgehead atoms. The molecule has 0 fully saturated rings. The molecule has 0 N–H and O–H groups in total. The van der Waals surface area contributed by atoms with Crippen LogP contribution in [-0.2, 0) is 4.74 Å². The summed E-state index contributed by atoms with van der Waals surface area (Å²) in [7, 11) is 3.87. The van der Waals surface area contributed by atoms with E-state index in [1.807, 2.05) is 43.3 Å². The maximum atomic E-state index is 12.1. The SMILES string of the molecule is CC(C)CCCCCCCOC(=O)c1ccccc1N(C)C. The number of nitrogens with zero attached hydrogens (tertiary/aromatic N) is 1. The van der Waals surface area contributed by atoms with E-state index in [9.17, 15) is 4.79 Å². The van der Waals surface area contributed by atoms with Crippen LogP contribution in [0.1, 0.15) is 62.7 Å². The molecule has 0 atom stereocenters. The van der Waals surface area contributed by atoms with Crippen LogP contribution >= 0.6 is 0 Å². The third kappa shape index (κ3) is 6.97. The largest absolute Gasteiger partial charge is 0.462 e. The van der Waals surface area contributed by atoms with Crippen LogP contribution in [0.15, 0.2) is 24.3 Å². The third-order valence-electron chi connectivity index (χ3n) is 3.76. The average molecular weight is 305 g/mol. The number of carbonyl (C=O) groups excluding carboxylic acids is 1. The molecule has 3 nitrogen and oxygen atoms in total. The van der Waals surface area contributed by atoms with E-state index < -0.39 is 0 Å². The van der Waals surface area contributed by atoms with Crippen LogP contribution in [0.4, 0.5) is 5.69 Å². The molecule has 0 unspecified atom stereocenters. The Kier molecular flexibility index (Phi) is 8.64. The highest BCUT2D eigenvalue weighted by Gasteiger charge is 2.13. The Morgan fingerprint density at radius 2 is 1.68 bits per heavy atom. The Labute approximate surface area is 135 Å². The molecule has 0 amide bonds. The van der Waals surface area contributed by atoms with Crippen LogP contribution in [0.25, 0.3) is 0 Å². The molecule has 0 aliphatic rings. The van der Waals surface area contributed by atoms with Gasteiger partial charge in [0.15, 0.2) is 0 Å². The smallest absolute Gasteiger partial charge is 0.340 e. The highest BCUT2D eigenvalue weighted by atomic mass is 16.5. The summed E-state index contributed by atoms with van der Waals surface area (Å²) in [6, 6.07) is 7.57. The molecule has 0 aromatic heterocycles. The summed E-state index contributed by atoms with van der Waals surface area (Å²) in [6.07, 6.45) is 7.25. The number of ether oxygens (including phenoxy) is 1. The summed E-state index contributed by atoms with van der Waals surface area (Å²) in [6.45, 7) is 5.06. The molecule has 0 saturated heterocycles. The lowest BCUT2D eigenvalue weighted by molar-refractivity contribution is 0.0498. The van der Waals surface area contributed by atoms with Gasteiger partial charge < -0.3 is 9.64 Å². The van der Waals surface area contributed by atoms with Crippen molar-refractivity contribution in [2.75, 3.05) is 25.6 Å². The molecule has 22 heavy (non-hydrogen) atoms. The number of esters is 1. The maximum Gasteiger partial charge on any atom is 0.340 e. The topological polar surface area (TPSA) is 29.5 Å². The molecule has 124 valence electrons. The number of hydrogen-bond donors (Lipinski definition) is 0. The van der Waals surface area contributed by atoms with Gasteiger partial charge in [-0.05, 0) is 24.5 Å². The fourth-order valence-corrected chi connectivity index (χ4v) is 2.46. The Balaban J connectivity index is 2.21. The van der Waals surface area contributed by atoms with E-state index in [0.717, 1.165) is 24.4 Å². The molecular formula is C19H31NO2. The van der Waals surface area contributed by atoms with Gasteiger partial charge in [-0.25, -0.2) is 4.79 Å². The number of carbonyl (C=O) groups is 1. The van der Waals surface area contributed by atoms with Gasteiger partial charge >= 0.3 is 5.97 Å². The van der Waals surface area contributed by atoms with Crippen LogP contribution in [-0.4, -0.2) is 26.7 Å². The van der Waals surface area contributed by atoms with Gasteiger partial charge in [-0.2, -0.15) is 0 Å². The summed E-state index contributed by atoms with van der Waals surface area (Å²) < 4.78 is 5.40. The van der Waals surface area contributed by atoms with Crippen molar-refractivity contribution in [3.8, 4) is 0 Å². The predicted octanol–water partition coefficient (Wildman–Crippen LogP) is 4.91. The van der Waals surface area contributed by atoms with E-state index >= 15 is 0 Å². The molecule has 1 aromatic rings. The van der Waals surface area contributed by atoms with Crippen LogP contribution < -0.4 is 4.90 Å². The van der Waals surface area contributed by atoms with Crippen molar-refractivity contribution < 1.29 is 9.53 Å². The van der Waals surface area contributed by atoms with E-state index in [4.69, 9.17) is 4.74 Å². The van der Waals surface area contributed by atoms with Gasteiger partial charge in [0.25, 0.3) is 0 Å². The van der Waals surface area contributed by atoms with Crippen molar-refractivity contribution in [3.05, 3.63) is 29.8 Å². The molecular weight excluding hydrogens is 274 g/mol. The second-order valence-electron chi connectivity index (χ2n) is 6.50. The number of para-hydroxylation sites is 1. The summed E-state index contributed by atoms with van der Waals surface area (Å²) in [5, 5.41) is 0. The van der Waals surface area contributed by atoms with Gasteiger partial charge in [0.2, 0.25) is 0 Å². The van der Waals surface area contributed by atoms with Crippen molar-refractivity contribution in [1.29, 1.82) is 0 Å². The summed E-state index contributed by atoms with van der Waals surface area (Å²) in [4.78, 5) is 14.1. The molecule has 0 aliphatic heterocycles. The second-order valence-corrected chi connectivity index (χ2v) is 6.50. The number of rotatable bonds is 10. The normalized spacial score (nSPS) is 10.8. The summed E-state index contributed by atoms with van der Waals surface area (Å²) in [5.41, 5.74) is 1.55. The zero-order valence-corrected chi connectivity index (χ0v) is 14.6. The molecule has 0 saturated carbocycles. The molecule has 0 spiro atoms. The first-order chi connectivity index (χ1) is 10.5. The number of anilines is 1. The fourth-order valence-electron chi connectivity index (χ4n) is 2.46. The molecule has 0 aliphatic carbocycles. The van der Waals surface area contributed by atoms with Gasteiger partial charge in [0, 0.05) is 14.1 Å². The number of hydrogen-bond acceptors (Lipinski definition) is 3. The van der Waals surface area contributed by atoms with E-state index in [0.29, 0.717) is 12.2 Å². The van der Waals surface area contributed by atoms with Gasteiger partial charge in [0.05, 0.1) is 17.9 Å². The van der Waals surface area contributed by atoms with Crippen LogP contribution in [0.3, 0.4) is 0 Å². The third-order valence-corrected chi connectivity index (χ3v) is 3.76. The summed E-state index contributed by atoms with van der Waals surface area (Å²) >= 11 is 0. The van der Waals surface area contributed by atoms with Crippen LogP contribution in [0.2, 0.25) is 0 Å². The number of benzene rings is 1. The minimum atomic E-state index is -0.218. The lowest BCUT2D eigenvalue weighted by atomic mass is 10.0. The highest BCUT2D eigenvalue weighted by molar-refractivity contribution is 5.95. The minimum Gasteiger partial charge on any atom is -0.462 e. The predicted molar refractivity (Wildman–Crippen MR) is 93.6 cm³/mol. The fraction of sp³-hybridized carbons (Fsp3) is 0.632. The second kappa shape index (κ2) is 10.3. The molecule has 3 heteroatoms. The van der Waals surface area contributed by atoms with Crippen molar-refractivity contribution in [2.24, 2.45) is 5.92 Å². The Bertz CT molecular complexity index is 441. The van der Waals surface area contributed by atoms with Crippen molar-refractivity contribution in [3.63, 3.8) is 0 Å². The minimum absolute atomic E-state index is 0.218. The van der Waals surface area contributed by atoms with Gasteiger partial charge in [-0.3, -0.25) is 0 Å². The average Bonchev–Trinajstić information content (AvgIpc) is 2.49. The van der Waals surface area contributed by atoms with Gasteiger partial charge in [-0.15, -0.1) is 0 Å². The first-order valence-corrected chi connectivity index (χ1v) is 8.46. The molecule has 0 heterocycles. The Morgan fingerprint density at radius 1 is 1.05 bits per heavy atom. The lowest BCUT2D eigenvalue weighted by Gasteiger charge is -2.16. The van der Waals surface area contributed by atoms with Gasteiger partial charge in [0.1, 0.15) is 0 Å². The van der Waals surface area contributed by atoms with E-state index in [2.05, 4.69) is 13.8 Å². The van der Waals surface area contributed by atoms with Crippen molar-refractivity contribution >= 4 is 11.7 Å². The van der Waals surface area contributed by atoms with Crippen LogP contribution in [0.5, 0.6) is 0 Å². The molecule has 1 rings (SSSR count). The van der Waals surface area contributed by atoms with Gasteiger partial charge in [-0.1, -0.05) is 58.1 Å². The molecule has 0 radical (unpaired) electrons. The lowest BCUT2D eigenvalue weighted by Crippen LogP contribution is -2.15. The zero-order chi connectivity index (χ0) is 16.4. The standard InChI is InChI=1S/C19H31NO2/c1-16(2)12-8-6-5-7-11-15-22-19(21)17-13-9-10-14-18(17)20(3)4/h9-10,13-14,16H,5-8,11-12,15H2,1-4H3. The van der Waals surface area contributed by atoms with Crippen LogP contribution in [0, 0.1) is 5.92 Å². The maximum absolute atomic E-state index is 12.1.